The summed E-state index contributed by atoms with van der Waals surface area (Å²) in [6.45, 7) is 0.362. The Morgan fingerprint density at radius 3 is 2.53 bits per heavy atom. The largest absolute Gasteiger partial charge is 0.487 e. The van der Waals surface area contributed by atoms with Crippen LogP contribution < -0.4 is 10.5 Å². The molecule has 0 aromatic heterocycles. The molecule has 0 saturated heterocycles. The Balaban J connectivity index is 2.07. The van der Waals surface area contributed by atoms with Crippen molar-refractivity contribution < 1.29 is 9.13 Å². The highest BCUT2D eigenvalue weighted by atomic mass is 79.9. The summed E-state index contributed by atoms with van der Waals surface area (Å²) >= 11 is 3.35. The van der Waals surface area contributed by atoms with Gasteiger partial charge in [-0.15, -0.1) is 0 Å². The third-order valence-electron chi connectivity index (χ3n) is 2.28. The van der Waals surface area contributed by atoms with Crippen molar-refractivity contribution in [1.29, 1.82) is 0 Å². The van der Waals surface area contributed by atoms with Gasteiger partial charge >= 0.3 is 0 Å². The predicted molar refractivity (Wildman–Crippen MR) is 69.3 cm³/mol. The summed E-state index contributed by atoms with van der Waals surface area (Å²) in [5.74, 6) is 0.361. The Morgan fingerprint density at radius 2 is 1.82 bits per heavy atom. The summed E-state index contributed by atoms with van der Waals surface area (Å²) < 4.78 is 19.2. The summed E-state index contributed by atoms with van der Waals surface area (Å²) in [6, 6.07) is 11.6. The number of benzene rings is 2. The van der Waals surface area contributed by atoms with E-state index in [2.05, 4.69) is 15.9 Å². The highest BCUT2D eigenvalue weighted by Crippen LogP contribution is 2.26. The van der Waals surface area contributed by atoms with E-state index in [-0.39, 0.29) is 5.82 Å². The van der Waals surface area contributed by atoms with Gasteiger partial charge in [-0.05, 0) is 35.9 Å². The second-order valence-electron chi connectivity index (χ2n) is 3.60. The fourth-order valence-corrected chi connectivity index (χ4v) is 1.72. The van der Waals surface area contributed by atoms with Gasteiger partial charge in [0.25, 0.3) is 0 Å². The molecule has 0 heterocycles. The number of nitrogens with two attached hydrogens (primary N) is 1. The highest BCUT2D eigenvalue weighted by Gasteiger charge is 2.02. The smallest absolute Gasteiger partial charge is 0.143 e. The van der Waals surface area contributed by atoms with Crippen LogP contribution in [0.25, 0.3) is 0 Å². The molecule has 2 N–H and O–H groups in total. The highest BCUT2D eigenvalue weighted by molar-refractivity contribution is 9.10. The lowest BCUT2D eigenvalue weighted by Crippen LogP contribution is -1.98. The lowest BCUT2D eigenvalue weighted by molar-refractivity contribution is 0.307. The molecule has 0 aliphatic carbocycles. The first-order valence-corrected chi connectivity index (χ1v) is 5.87. The molecule has 0 bridgehead atoms. The molecule has 0 radical (unpaired) electrons. The van der Waals surface area contributed by atoms with E-state index < -0.39 is 0 Å². The third-order valence-corrected chi connectivity index (χ3v) is 2.78. The molecule has 2 aromatic carbocycles. The fourth-order valence-electron chi connectivity index (χ4n) is 1.37. The second-order valence-corrected chi connectivity index (χ2v) is 4.51. The molecule has 0 amide bonds. The van der Waals surface area contributed by atoms with Crippen LogP contribution in [0, 0.1) is 5.82 Å². The van der Waals surface area contributed by atoms with E-state index in [0.717, 1.165) is 10.0 Å². The number of nitrogen functional groups attached to an aromatic ring is 1. The summed E-state index contributed by atoms with van der Waals surface area (Å²) in [7, 11) is 0. The van der Waals surface area contributed by atoms with Crippen LogP contribution in [0.5, 0.6) is 5.75 Å². The van der Waals surface area contributed by atoms with Gasteiger partial charge in [-0.2, -0.15) is 0 Å². The summed E-state index contributed by atoms with van der Waals surface area (Å²) in [5.41, 5.74) is 7.25. The molecule has 0 atom stereocenters. The van der Waals surface area contributed by atoms with Gasteiger partial charge in [-0.25, -0.2) is 4.39 Å². The normalized spacial score (nSPS) is 10.2. The molecule has 2 rings (SSSR count). The minimum atomic E-state index is -0.254. The van der Waals surface area contributed by atoms with E-state index in [9.17, 15) is 4.39 Å². The molecule has 4 heteroatoms. The molecule has 0 fully saturated rings. The molecule has 0 aliphatic rings. The van der Waals surface area contributed by atoms with Crippen LogP contribution in [0.1, 0.15) is 5.56 Å². The maximum absolute atomic E-state index is 12.7. The van der Waals surface area contributed by atoms with Crippen molar-refractivity contribution in [1.82, 2.24) is 0 Å². The van der Waals surface area contributed by atoms with Crippen molar-refractivity contribution in [2.24, 2.45) is 0 Å². The zero-order valence-electron chi connectivity index (χ0n) is 8.99. The van der Waals surface area contributed by atoms with Gasteiger partial charge in [0.05, 0.1) is 5.69 Å². The average molecular weight is 296 g/mol. The molecular weight excluding hydrogens is 285 g/mol. The summed E-state index contributed by atoms with van der Waals surface area (Å²) in [6.07, 6.45) is 0. The molecule has 0 saturated carbocycles. The van der Waals surface area contributed by atoms with Crippen molar-refractivity contribution in [3.05, 3.63) is 58.3 Å². The van der Waals surface area contributed by atoms with Gasteiger partial charge in [-0.1, -0.05) is 28.1 Å². The van der Waals surface area contributed by atoms with E-state index in [4.69, 9.17) is 10.5 Å². The minimum Gasteiger partial charge on any atom is -0.487 e. The standard InChI is InChI=1S/C13H11BrFNO/c14-10-3-6-12(16)13(7-10)17-8-9-1-4-11(15)5-2-9/h1-7H,8,16H2. The predicted octanol–water partition coefficient (Wildman–Crippen LogP) is 3.75. The summed E-state index contributed by atoms with van der Waals surface area (Å²) in [5, 5.41) is 0. The van der Waals surface area contributed by atoms with Gasteiger partial charge in [0.1, 0.15) is 18.2 Å². The van der Waals surface area contributed by atoms with E-state index >= 15 is 0 Å². The summed E-state index contributed by atoms with van der Waals surface area (Å²) in [4.78, 5) is 0. The Morgan fingerprint density at radius 1 is 1.12 bits per heavy atom. The SMILES string of the molecule is Nc1ccc(Br)cc1OCc1ccc(F)cc1. The van der Waals surface area contributed by atoms with Gasteiger partial charge in [0.2, 0.25) is 0 Å². The van der Waals surface area contributed by atoms with Crippen molar-refractivity contribution in [3.63, 3.8) is 0 Å². The average Bonchev–Trinajstić information content (AvgIpc) is 2.32. The molecule has 17 heavy (non-hydrogen) atoms. The quantitative estimate of drug-likeness (QED) is 0.875. The number of rotatable bonds is 3. The van der Waals surface area contributed by atoms with Crippen LogP contribution in [-0.4, -0.2) is 0 Å². The lowest BCUT2D eigenvalue weighted by atomic mass is 10.2. The van der Waals surface area contributed by atoms with Gasteiger partial charge in [0.15, 0.2) is 0 Å². The van der Waals surface area contributed by atoms with Crippen LogP contribution in [0.2, 0.25) is 0 Å². The van der Waals surface area contributed by atoms with Crippen LogP contribution in [-0.2, 0) is 6.61 Å². The fraction of sp³-hybridized carbons (Fsp3) is 0.0769. The van der Waals surface area contributed by atoms with Crippen LogP contribution >= 0.6 is 15.9 Å². The molecule has 2 nitrogen and oxygen atoms in total. The molecule has 0 spiro atoms. The number of hydrogen-bond acceptors (Lipinski definition) is 2. The molecular formula is C13H11BrFNO. The number of hydrogen-bond donors (Lipinski definition) is 1. The van der Waals surface area contributed by atoms with E-state index in [1.165, 1.54) is 12.1 Å². The van der Waals surface area contributed by atoms with Crippen molar-refractivity contribution in [2.75, 3.05) is 5.73 Å². The first kappa shape index (κ1) is 11.9. The van der Waals surface area contributed by atoms with Crippen molar-refractivity contribution >= 4 is 21.6 Å². The first-order chi connectivity index (χ1) is 8.15. The number of anilines is 1. The maximum Gasteiger partial charge on any atom is 0.143 e. The van der Waals surface area contributed by atoms with Crippen molar-refractivity contribution in [3.8, 4) is 5.75 Å². The zero-order valence-corrected chi connectivity index (χ0v) is 10.6. The monoisotopic (exact) mass is 295 g/mol. The second kappa shape index (κ2) is 5.19. The van der Waals surface area contributed by atoms with Crippen LogP contribution in [0.15, 0.2) is 46.9 Å². The maximum atomic E-state index is 12.7. The van der Waals surface area contributed by atoms with Gasteiger partial charge < -0.3 is 10.5 Å². The topological polar surface area (TPSA) is 35.2 Å². The minimum absolute atomic E-state index is 0.254. The Kier molecular flexibility index (Phi) is 3.64. The number of ether oxygens (including phenoxy) is 1. The molecule has 2 aromatic rings. The van der Waals surface area contributed by atoms with Gasteiger partial charge in [-0.3, -0.25) is 0 Å². The molecule has 88 valence electrons. The number of halogens is 2. The first-order valence-electron chi connectivity index (χ1n) is 5.07. The zero-order chi connectivity index (χ0) is 12.3. The lowest BCUT2D eigenvalue weighted by Gasteiger charge is -2.09. The van der Waals surface area contributed by atoms with Gasteiger partial charge in [0, 0.05) is 4.47 Å². The van der Waals surface area contributed by atoms with E-state index in [0.29, 0.717) is 18.0 Å². The van der Waals surface area contributed by atoms with Crippen LogP contribution in [0.4, 0.5) is 10.1 Å². The van der Waals surface area contributed by atoms with E-state index in [1.807, 2.05) is 6.07 Å². The van der Waals surface area contributed by atoms with E-state index in [1.54, 1.807) is 24.3 Å². The Bertz CT molecular complexity index is 513. The Labute approximate surface area is 107 Å². The molecule has 0 unspecified atom stereocenters. The third kappa shape index (κ3) is 3.20. The van der Waals surface area contributed by atoms with Crippen LogP contribution in [0.3, 0.4) is 0 Å². The molecule has 0 aliphatic heterocycles. The Hall–Kier alpha value is -1.55. The van der Waals surface area contributed by atoms with Crippen molar-refractivity contribution in [2.45, 2.75) is 6.61 Å².